The van der Waals surface area contributed by atoms with Gasteiger partial charge in [-0.3, -0.25) is 9.69 Å². The Morgan fingerprint density at radius 2 is 1.45 bits per heavy atom. The first kappa shape index (κ1) is 21.0. The molecule has 0 aliphatic carbocycles. The predicted octanol–water partition coefficient (Wildman–Crippen LogP) is 4.38. The van der Waals surface area contributed by atoms with E-state index in [2.05, 4.69) is 34.5 Å². The minimum atomic E-state index is -0.0764. The summed E-state index contributed by atoms with van der Waals surface area (Å²) in [5.41, 5.74) is 4.95. The van der Waals surface area contributed by atoms with Gasteiger partial charge in [0.05, 0.1) is 13.2 Å². The number of nitrogens with zero attached hydrogens (tertiary/aromatic N) is 1. The highest BCUT2D eigenvalue weighted by Gasteiger charge is 2.13. The quantitative estimate of drug-likeness (QED) is 0.463. The molecule has 1 heterocycles. The van der Waals surface area contributed by atoms with Crippen molar-refractivity contribution in [3.63, 3.8) is 0 Å². The zero-order valence-electron chi connectivity index (χ0n) is 17.7. The molecule has 0 aromatic heterocycles. The Hall–Kier alpha value is -3.21. The lowest BCUT2D eigenvalue weighted by atomic mass is 10.0. The van der Waals surface area contributed by atoms with Crippen molar-refractivity contribution in [3.05, 3.63) is 107 Å². The molecule has 0 radical (unpaired) electrons. The number of hydrogen-bond donors (Lipinski definition) is 1. The fourth-order valence-electron chi connectivity index (χ4n) is 3.67. The van der Waals surface area contributed by atoms with Crippen LogP contribution in [0.25, 0.3) is 11.6 Å². The summed E-state index contributed by atoms with van der Waals surface area (Å²) in [6, 6.07) is 28.2. The van der Waals surface area contributed by atoms with E-state index in [0.29, 0.717) is 12.1 Å². The molecule has 1 aliphatic rings. The van der Waals surface area contributed by atoms with Gasteiger partial charge in [0.25, 0.3) is 5.91 Å². The van der Waals surface area contributed by atoms with Crippen molar-refractivity contribution in [1.82, 2.24) is 10.2 Å². The molecule has 31 heavy (non-hydrogen) atoms. The molecule has 3 aromatic carbocycles. The second-order valence-electron chi connectivity index (χ2n) is 7.72. The SMILES string of the molecule is O=C(NCc1ccc(CN2CCOCC2)cc1)/C(=C/c1ccccc1)c1ccccc1. The van der Waals surface area contributed by atoms with Gasteiger partial charge in [0.15, 0.2) is 0 Å². The number of morpholine rings is 1. The van der Waals surface area contributed by atoms with Gasteiger partial charge in [-0.05, 0) is 28.3 Å². The Kier molecular flexibility index (Phi) is 7.27. The van der Waals surface area contributed by atoms with E-state index in [1.54, 1.807) is 0 Å². The predicted molar refractivity (Wildman–Crippen MR) is 125 cm³/mol. The van der Waals surface area contributed by atoms with Crippen LogP contribution >= 0.6 is 0 Å². The molecule has 1 fully saturated rings. The van der Waals surface area contributed by atoms with Crippen molar-refractivity contribution >= 4 is 17.6 Å². The van der Waals surface area contributed by atoms with Crippen LogP contribution in [0.15, 0.2) is 84.9 Å². The largest absolute Gasteiger partial charge is 0.379 e. The normalized spacial score (nSPS) is 14.9. The first-order valence-electron chi connectivity index (χ1n) is 10.8. The molecular formula is C27H28N2O2. The van der Waals surface area contributed by atoms with Crippen LogP contribution in [0.3, 0.4) is 0 Å². The van der Waals surface area contributed by atoms with Gasteiger partial charge >= 0.3 is 0 Å². The Labute approximate surface area is 184 Å². The molecular weight excluding hydrogens is 384 g/mol. The van der Waals surface area contributed by atoms with Gasteiger partial charge in [0.1, 0.15) is 0 Å². The summed E-state index contributed by atoms with van der Waals surface area (Å²) in [6.45, 7) is 5.01. The average Bonchev–Trinajstić information content (AvgIpc) is 2.84. The lowest BCUT2D eigenvalue weighted by Crippen LogP contribution is -2.35. The van der Waals surface area contributed by atoms with Crippen molar-refractivity contribution in [2.24, 2.45) is 0 Å². The Bertz CT molecular complexity index is 992. The molecule has 1 amide bonds. The minimum Gasteiger partial charge on any atom is -0.379 e. The van der Waals surface area contributed by atoms with E-state index >= 15 is 0 Å². The molecule has 1 saturated heterocycles. The Morgan fingerprint density at radius 3 is 2.13 bits per heavy atom. The number of ether oxygens (including phenoxy) is 1. The molecule has 158 valence electrons. The Morgan fingerprint density at radius 1 is 0.839 bits per heavy atom. The summed E-state index contributed by atoms with van der Waals surface area (Å²) in [5, 5.41) is 3.08. The lowest BCUT2D eigenvalue weighted by molar-refractivity contribution is -0.115. The molecule has 1 aliphatic heterocycles. The number of benzene rings is 3. The van der Waals surface area contributed by atoms with Crippen LogP contribution in [0.1, 0.15) is 22.3 Å². The maximum atomic E-state index is 13.1. The molecule has 4 rings (SSSR count). The highest BCUT2D eigenvalue weighted by atomic mass is 16.5. The summed E-state index contributed by atoms with van der Waals surface area (Å²) < 4.78 is 5.41. The van der Waals surface area contributed by atoms with E-state index in [0.717, 1.165) is 49.5 Å². The molecule has 4 nitrogen and oxygen atoms in total. The minimum absolute atomic E-state index is 0.0764. The second kappa shape index (κ2) is 10.7. The summed E-state index contributed by atoms with van der Waals surface area (Å²) in [7, 11) is 0. The van der Waals surface area contributed by atoms with E-state index in [1.165, 1.54) is 5.56 Å². The van der Waals surface area contributed by atoms with Crippen LogP contribution in [0.4, 0.5) is 0 Å². The standard InChI is InChI=1S/C27H28N2O2/c30-27(26(25-9-5-2-6-10-25)19-22-7-3-1-4-8-22)28-20-23-11-13-24(14-12-23)21-29-15-17-31-18-16-29/h1-14,19H,15-18,20-21H2,(H,28,30)/b26-19+. The van der Waals surface area contributed by atoms with E-state index in [-0.39, 0.29) is 5.91 Å². The zero-order valence-corrected chi connectivity index (χ0v) is 17.7. The Balaban J connectivity index is 1.41. The van der Waals surface area contributed by atoms with E-state index in [4.69, 9.17) is 4.74 Å². The third kappa shape index (κ3) is 6.14. The summed E-state index contributed by atoms with van der Waals surface area (Å²) >= 11 is 0. The van der Waals surface area contributed by atoms with Gasteiger partial charge in [-0.1, -0.05) is 84.9 Å². The first-order valence-corrected chi connectivity index (χ1v) is 10.8. The number of carbonyl (C=O) groups is 1. The van der Waals surface area contributed by atoms with E-state index in [1.807, 2.05) is 66.7 Å². The summed E-state index contributed by atoms with van der Waals surface area (Å²) in [5.74, 6) is -0.0764. The van der Waals surface area contributed by atoms with Gasteiger partial charge in [0.2, 0.25) is 0 Å². The van der Waals surface area contributed by atoms with Gasteiger partial charge in [-0.25, -0.2) is 0 Å². The molecule has 4 heteroatoms. The van der Waals surface area contributed by atoms with Gasteiger partial charge < -0.3 is 10.1 Å². The molecule has 0 bridgehead atoms. The molecule has 0 saturated carbocycles. The van der Waals surface area contributed by atoms with Crippen molar-refractivity contribution in [3.8, 4) is 0 Å². The third-order valence-electron chi connectivity index (χ3n) is 5.43. The van der Waals surface area contributed by atoms with Crippen LogP contribution in [-0.2, 0) is 22.6 Å². The van der Waals surface area contributed by atoms with Crippen LogP contribution in [0.2, 0.25) is 0 Å². The molecule has 0 spiro atoms. The summed E-state index contributed by atoms with van der Waals surface area (Å²) in [6.07, 6.45) is 1.94. The maximum absolute atomic E-state index is 13.1. The third-order valence-corrected chi connectivity index (χ3v) is 5.43. The van der Waals surface area contributed by atoms with Crippen molar-refractivity contribution in [2.75, 3.05) is 26.3 Å². The number of rotatable bonds is 7. The fraction of sp³-hybridized carbons (Fsp3) is 0.222. The molecule has 0 unspecified atom stereocenters. The molecule has 0 atom stereocenters. The van der Waals surface area contributed by atoms with E-state index < -0.39 is 0 Å². The topological polar surface area (TPSA) is 41.6 Å². The number of amides is 1. The first-order chi connectivity index (χ1) is 15.3. The van der Waals surface area contributed by atoms with Crippen molar-refractivity contribution < 1.29 is 9.53 Å². The fourth-order valence-corrected chi connectivity index (χ4v) is 3.67. The number of hydrogen-bond acceptors (Lipinski definition) is 3. The van der Waals surface area contributed by atoms with Gasteiger partial charge in [-0.15, -0.1) is 0 Å². The van der Waals surface area contributed by atoms with Crippen molar-refractivity contribution in [1.29, 1.82) is 0 Å². The average molecular weight is 413 g/mol. The molecule has 1 N–H and O–H groups in total. The van der Waals surface area contributed by atoms with Crippen LogP contribution < -0.4 is 5.32 Å². The number of nitrogens with one attached hydrogen (secondary N) is 1. The summed E-state index contributed by atoms with van der Waals surface area (Å²) in [4.78, 5) is 15.5. The zero-order chi connectivity index (χ0) is 21.3. The molecule has 3 aromatic rings. The van der Waals surface area contributed by atoms with Gasteiger partial charge in [0, 0.05) is 31.8 Å². The highest BCUT2D eigenvalue weighted by Crippen LogP contribution is 2.19. The maximum Gasteiger partial charge on any atom is 0.252 e. The number of carbonyl (C=O) groups excluding carboxylic acids is 1. The highest BCUT2D eigenvalue weighted by molar-refractivity contribution is 6.24. The lowest BCUT2D eigenvalue weighted by Gasteiger charge is -2.26. The van der Waals surface area contributed by atoms with Gasteiger partial charge in [-0.2, -0.15) is 0 Å². The van der Waals surface area contributed by atoms with Crippen LogP contribution in [0.5, 0.6) is 0 Å². The monoisotopic (exact) mass is 412 g/mol. The second-order valence-corrected chi connectivity index (χ2v) is 7.72. The van der Waals surface area contributed by atoms with Crippen LogP contribution in [0, 0.1) is 0 Å². The van der Waals surface area contributed by atoms with Crippen LogP contribution in [-0.4, -0.2) is 37.1 Å². The van der Waals surface area contributed by atoms with E-state index in [9.17, 15) is 4.79 Å². The smallest absolute Gasteiger partial charge is 0.252 e. The van der Waals surface area contributed by atoms with Crippen molar-refractivity contribution in [2.45, 2.75) is 13.1 Å².